The Hall–Kier alpha value is -1.01. The van der Waals surface area contributed by atoms with Crippen molar-refractivity contribution in [2.45, 2.75) is 32.9 Å². The third-order valence-corrected chi connectivity index (χ3v) is 4.79. The van der Waals surface area contributed by atoms with Crippen LogP contribution in [0, 0.1) is 11.6 Å². The van der Waals surface area contributed by atoms with Gasteiger partial charge in [-0.1, -0.05) is 13.0 Å². The summed E-state index contributed by atoms with van der Waals surface area (Å²) in [5.41, 5.74) is 0.321. The Morgan fingerprint density at radius 1 is 1.26 bits per heavy atom. The first-order valence-electron chi connectivity index (χ1n) is 6.16. The fraction of sp³-hybridized carbons (Fsp3) is 0.538. The van der Waals surface area contributed by atoms with Crippen LogP contribution in [0.25, 0.3) is 0 Å². The Morgan fingerprint density at radius 3 is 2.42 bits per heavy atom. The molecule has 1 aromatic rings. The first kappa shape index (κ1) is 16.0. The largest absolute Gasteiger partial charge is 0.307 e. The third kappa shape index (κ3) is 4.87. The Balaban J connectivity index is 2.71. The van der Waals surface area contributed by atoms with Crippen LogP contribution in [-0.2, 0) is 9.84 Å². The van der Waals surface area contributed by atoms with Crippen LogP contribution < -0.4 is 5.32 Å². The molecule has 3 nitrogen and oxygen atoms in total. The van der Waals surface area contributed by atoms with Gasteiger partial charge in [-0.2, -0.15) is 0 Å². The molecule has 0 heterocycles. The highest BCUT2D eigenvalue weighted by Crippen LogP contribution is 2.18. The summed E-state index contributed by atoms with van der Waals surface area (Å²) >= 11 is 0. The van der Waals surface area contributed by atoms with Crippen LogP contribution in [0.2, 0.25) is 0 Å². The maximum absolute atomic E-state index is 13.6. The number of nitrogens with one attached hydrogen (secondary N) is 1. The highest BCUT2D eigenvalue weighted by molar-refractivity contribution is 7.91. The molecule has 0 aromatic heterocycles. The van der Waals surface area contributed by atoms with Crippen molar-refractivity contribution in [1.29, 1.82) is 0 Å². The van der Waals surface area contributed by atoms with Gasteiger partial charge in [0.2, 0.25) is 0 Å². The molecular formula is C13H19F2NO2S. The molecule has 1 aromatic carbocycles. The third-order valence-electron chi connectivity index (χ3n) is 2.91. The standard InChI is InChI=1S/C13H19F2NO2S/c1-4-19(17,18)8-9(2)16-10(3)12-6-5-11(14)7-13(12)15/h5-7,9-10,16H,4,8H2,1-3H3. The van der Waals surface area contributed by atoms with Gasteiger partial charge >= 0.3 is 0 Å². The average Bonchev–Trinajstić information content (AvgIpc) is 2.27. The molecule has 0 aliphatic rings. The van der Waals surface area contributed by atoms with Crippen LogP contribution in [0.5, 0.6) is 0 Å². The molecule has 108 valence electrons. The zero-order chi connectivity index (χ0) is 14.6. The van der Waals surface area contributed by atoms with Crippen LogP contribution in [0.4, 0.5) is 8.78 Å². The van der Waals surface area contributed by atoms with Gasteiger partial charge in [0.15, 0.2) is 9.84 Å². The Labute approximate surface area is 112 Å². The molecule has 0 aliphatic carbocycles. The highest BCUT2D eigenvalue weighted by Gasteiger charge is 2.18. The zero-order valence-corrected chi connectivity index (χ0v) is 12.1. The lowest BCUT2D eigenvalue weighted by Gasteiger charge is -2.20. The van der Waals surface area contributed by atoms with Crippen molar-refractivity contribution in [2.24, 2.45) is 0 Å². The topological polar surface area (TPSA) is 46.2 Å². The predicted molar refractivity (Wildman–Crippen MR) is 71.7 cm³/mol. The summed E-state index contributed by atoms with van der Waals surface area (Å²) in [7, 11) is -3.08. The summed E-state index contributed by atoms with van der Waals surface area (Å²) in [6, 6.07) is 2.68. The molecule has 0 radical (unpaired) electrons. The number of hydrogen-bond acceptors (Lipinski definition) is 3. The van der Waals surface area contributed by atoms with E-state index in [0.717, 1.165) is 6.07 Å². The van der Waals surface area contributed by atoms with Gasteiger partial charge in [0.05, 0.1) is 5.75 Å². The molecule has 0 saturated heterocycles. The van der Waals surface area contributed by atoms with E-state index in [1.165, 1.54) is 12.1 Å². The van der Waals surface area contributed by atoms with E-state index < -0.39 is 21.5 Å². The van der Waals surface area contributed by atoms with E-state index in [1.54, 1.807) is 20.8 Å². The first-order valence-corrected chi connectivity index (χ1v) is 7.98. The molecule has 0 aliphatic heterocycles. The molecule has 0 fully saturated rings. The van der Waals surface area contributed by atoms with Gasteiger partial charge in [0, 0.05) is 29.5 Å². The summed E-state index contributed by atoms with van der Waals surface area (Å²) in [5, 5.41) is 3.01. The van der Waals surface area contributed by atoms with Crippen molar-refractivity contribution in [3.05, 3.63) is 35.4 Å². The molecule has 1 rings (SSSR count). The smallest absolute Gasteiger partial charge is 0.151 e. The van der Waals surface area contributed by atoms with Crippen LogP contribution in [0.15, 0.2) is 18.2 Å². The SMILES string of the molecule is CCS(=O)(=O)CC(C)NC(C)c1ccc(F)cc1F. The lowest BCUT2D eigenvalue weighted by Crippen LogP contribution is -2.35. The Morgan fingerprint density at radius 2 is 1.89 bits per heavy atom. The molecule has 2 unspecified atom stereocenters. The average molecular weight is 291 g/mol. The highest BCUT2D eigenvalue weighted by atomic mass is 32.2. The minimum Gasteiger partial charge on any atom is -0.307 e. The molecule has 0 amide bonds. The van der Waals surface area contributed by atoms with Gasteiger partial charge in [-0.05, 0) is 19.9 Å². The monoisotopic (exact) mass is 291 g/mol. The van der Waals surface area contributed by atoms with E-state index in [-0.39, 0.29) is 23.6 Å². The minimum absolute atomic E-state index is 0.00332. The maximum atomic E-state index is 13.6. The number of benzene rings is 1. The molecule has 6 heteroatoms. The second kappa shape index (κ2) is 6.43. The molecule has 0 bridgehead atoms. The van der Waals surface area contributed by atoms with Crippen molar-refractivity contribution in [3.63, 3.8) is 0 Å². The molecule has 1 N–H and O–H groups in total. The Kier molecular flexibility index (Phi) is 5.43. The number of hydrogen-bond donors (Lipinski definition) is 1. The molecular weight excluding hydrogens is 272 g/mol. The number of rotatable bonds is 6. The lowest BCUT2D eigenvalue weighted by atomic mass is 10.1. The van der Waals surface area contributed by atoms with E-state index in [1.807, 2.05) is 0 Å². The van der Waals surface area contributed by atoms with Gasteiger partial charge < -0.3 is 5.32 Å². The molecule has 19 heavy (non-hydrogen) atoms. The van der Waals surface area contributed by atoms with Crippen molar-refractivity contribution >= 4 is 9.84 Å². The van der Waals surface area contributed by atoms with Crippen LogP contribution >= 0.6 is 0 Å². The molecule has 2 atom stereocenters. The van der Waals surface area contributed by atoms with Crippen LogP contribution in [-0.4, -0.2) is 26.0 Å². The maximum Gasteiger partial charge on any atom is 0.151 e. The van der Waals surface area contributed by atoms with Crippen molar-refractivity contribution in [3.8, 4) is 0 Å². The van der Waals surface area contributed by atoms with E-state index >= 15 is 0 Å². The van der Waals surface area contributed by atoms with Crippen LogP contribution in [0.1, 0.15) is 32.4 Å². The Bertz CT molecular complexity index is 531. The summed E-state index contributed by atoms with van der Waals surface area (Å²) in [5.74, 6) is -1.18. The van der Waals surface area contributed by atoms with Crippen molar-refractivity contribution in [2.75, 3.05) is 11.5 Å². The van der Waals surface area contributed by atoms with E-state index in [0.29, 0.717) is 5.56 Å². The fourth-order valence-corrected chi connectivity index (χ4v) is 3.01. The second-order valence-electron chi connectivity index (χ2n) is 4.65. The van der Waals surface area contributed by atoms with Crippen molar-refractivity contribution < 1.29 is 17.2 Å². The summed E-state index contributed by atoms with van der Waals surface area (Å²) in [6.45, 7) is 5.03. The molecule has 0 saturated carbocycles. The van der Waals surface area contributed by atoms with Crippen LogP contribution in [0.3, 0.4) is 0 Å². The van der Waals surface area contributed by atoms with Gasteiger partial charge in [-0.3, -0.25) is 0 Å². The second-order valence-corrected chi connectivity index (χ2v) is 7.05. The quantitative estimate of drug-likeness (QED) is 0.875. The van der Waals surface area contributed by atoms with Gasteiger partial charge in [-0.15, -0.1) is 0 Å². The predicted octanol–water partition coefficient (Wildman–Crippen LogP) is 2.44. The normalized spacial score (nSPS) is 15.2. The zero-order valence-electron chi connectivity index (χ0n) is 11.3. The lowest BCUT2D eigenvalue weighted by molar-refractivity contribution is 0.476. The summed E-state index contributed by atoms with van der Waals surface area (Å²) in [6.07, 6.45) is 0. The van der Waals surface area contributed by atoms with E-state index in [4.69, 9.17) is 0 Å². The minimum atomic E-state index is -3.08. The summed E-state index contributed by atoms with van der Waals surface area (Å²) < 4.78 is 49.3. The number of sulfone groups is 1. The van der Waals surface area contributed by atoms with Crippen molar-refractivity contribution in [1.82, 2.24) is 5.32 Å². The van der Waals surface area contributed by atoms with E-state index in [9.17, 15) is 17.2 Å². The molecule has 0 spiro atoms. The first-order chi connectivity index (χ1) is 8.75. The summed E-state index contributed by atoms with van der Waals surface area (Å²) in [4.78, 5) is 0. The van der Waals surface area contributed by atoms with Gasteiger partial charge in [0.1, 0.15) is 11.6 Å². The fourth-order valence-electron chi connectivity index (χ4n) is 1.92. The van der Waals surface area contributed by atoms with Gasteiger partial charge in [-0.25, -0.2) is 17.2 Å². The number of halogens is 2. The van der Waals surface area contributed by atoms with E-state index in [2.05, 4.69) is 5.32 Å². The van der Waals surface area contributed by atoms with Gasteiger partial charge in [0.25, 0.3) is 0 Å².